The fraction of sp³-hybridized carbons (Fsp3) is 0.100. The molecule has 11 heteroatoms. The summed E-state index contributed by atoms with van der Waals surface area (Å²) in [6.45, 7) is 8.72. The van der Waals surface area contributed by atoms with E-state index in [0.717, 1.165) is 20.7 Å². The van der Waals surface area contributed by atoms with Crippen molar-refractivity contribution in [3.8, 4) is 0 Å². The highest BCUT2D eigenvalue weighted by Crippen LogP contribution is 2.22. The molecule has 0 heterocycles. The molecule has 0 aliphatic heterocycles. The fourth-order valence-electron chi connectivity index (χ4n) is 6.42. The van der Waals surface area contributed by atoms with Crippen LogP contribution in [-0.4, -0.2) is 53.8 Å². The smallest absolute Gasteiger partial charge is 0.389 e. The summed E-state index contributed by atoms with van der Waals surface area (Å²) < 4.78 is 36.7. The van der Waals surface area contributed by atoms with Crippen molar-refractivity contribution in [3.63, 3.8) is 0 Å². The standard InChI is InChI=1S/C40H46O5Si6/c1-46(35-23-11-5-12-24-35)41-48(3)42-49(4)44-51(39-31-19-9-20-32-39,40-33-21-10-22-34-40)45-50(37-27-15-7-16-28-37,38-29-17-8-18-30-38)43-47(2)36-25-13-6-14-26-36/h5-34,46-49H,1-4H3. The van der Waals surface area contributed by atoms with Crippen LogP contribution in [-0.2, 0) is 20.6 Å². The van der Waals surface area contributed by atoms with Crippen LogP contribution in [0.15, 0.2) is 182 Å². The molecule has 6 rings (SSSR count). The van der Waals surface area contributed by atoms with E-state index < -0.39 is 53.8 Å². The molecule has 6 aromatic rings. The molecule has 4 atom stereocenters. The molecular formula is C40H46O5Si6. The first-order chi connectivity index (χ1) is 24.9. The van der Waals surface area contributed by atoms with Gasteiger partial charge in [0.05, 0.1) is 0 Å². The molecule has 0 radical (unpaired) electrons. The Bertz CT molecular complexity index is 1820. The monoisotopic (exact) mass is 774 g/mol. The van der Waals surface area contributed by atoms with Crippen molar-refractivity contribution >= 4 is 84.9 Å². The topological polar surface area (TPSA) is 46.2 Å². The zero-order valence-electron chi connectivity index (χ0n) is 29.7. The Balaban J connectivity index is 1.49. The largest absolute Gasteiger partial charge is 0.437 e. The van der Waals surface area contributed by atoms with Gasteiger partial charge in [0.25, 0.3) is 9.28 Å². The summed E-state index contributed by atoms with van der Waals surface area (Å²) in [4.78, 5) is 0. The molecule has 0 bridgehead atoms. The first-order valence-electron chi connectivity index (χ1n) is 17.6. The van der Waals surface area contributed by atoms with Crippen LogP contribution in [0.3, 0.4) is 0 Å². The first-order valence-corrected chi connectivity index (χ1v) is 29.8. The van der Waals surface area contributed by atoms with E-state index in [1.807, 2.05) is 18.2 Å². The van der Waals surface area contributed by atoms with Gasteiger partial charge >= 0.3 is 26.4 Å². The normalized spacial score (nSPS) is 14.4. The van der Waals surface area contributed by atoms with Gasteiger partial charge in [-0.3, -0.25) is 0 Å². The Morgan fingerprint density at radius 3 is 1.02 bits per heavy atom. The zero-order chi connectivity index (χ0) is 35.5. The molecule has 0 aliphatic rings. The van der Waals surface area contributed by atoms with Crippen molar-refractivity contribution in [2.24, 2.45) is 0 Å². The maximum atomic E-state index is 8.07. The lowest BCUT2D eigenvalue weighted by Crippen LogP contribution is -2.77. The van der Waals surface area contributed by atoms with Gasteiger partial charge in [-0.1, -0.05) is 182 Å². The van der Waals surface area contributed by atoms with Gasteiger partial charge < -0.3 is 20.6 Å². The van der Waals surface area contributed by atoms with Crippen LogP contribution in [0.25, 0.3) is 0 Å². The summed E-state index contributed by atoms with van der Waals surface area (Å²) in [6.07, 6.45) is 0. The van der Waals surface area contributed by atoms with Gasteiger partial charge in [-0.25, -0.2) is 0 Å². The summed E-state index contributed by atoms with van der Waals surface area (Å²) in [7, 11) is -15.2. The second-order valence-electron chi connectivity index (χ2n) is 12.5. The van der Waals surface area contributed by atoms with Crippen LogP contribution in [0.2, 0.25) is 26.2 Å². The maximum Gasteiger partial charge on any atom is 0.389 e. The van der Waals surface area contributed by atoms with E-state index in [4.69, 9.17) is 20.6 Å². The minimum Gasteiger partial charge on any atom is -0.437 e. The van der Waals surface area contributed by atoms with Gasteiger partial charge in [-0.2, -0.15) is 0 Å². The van der Waals surface area contributed by atoms with E-state index in [0.29, 0.717) is 0 Å². The molecule has 0 aliphatic carbocycles. The lowest BCUT2D eigenvalue weighted by Gasteiger charge is -2.44. The van der Waals surface area contributed by atoms with Crippen LogP contribution < -0.4 is 31.1 Å². The number of benzene rings is 6. The predicted octanol–water partition coefficient (Wildman–Crippen LogP) is 3.80. The third kappa shape index (κ3) is 9.08. The molecule has 6 aromatic carbocycles. The van der Waals surface area contributed by atoms with Crippen molar-refractivity contribution in [2.45, 2.75) is 26.2 Å². The molecule has 0 fully saturated rings. The minimum atomic E-state index is -3.58. The van der Waals surface area contributed by atoms with Gasteiger partial charge in [0.15, 0.2) is 18.1 Å². The number of hydrogen-bond acceptors (Lipinski definition) is 5. The third-order valence-corrected chi connectivity index (χ3v) is 29.8. The fourth-order valence-corrected chi connectivity index (χ4v) is 29.1. The van der Waals surface area contributed by atoms with Crippen molar-refractivity contribution in [1.82, 2.24) is 0 Å². The Hall–Kier alpha value is -3.58. The van der Waals surface area contributed by atoms with E-state index in [1.54, 1.807) is 0 Å². The molecule has 51 heavy (non-hydrogen) atoms. The molecule has 0 aromatic heterocycles. The van der Waals surface area contributed by atoms with Gasteiger partial charge in [0.2, 0.25) is 0 Å². The molecular weight excluding hydrogens is 729 g/mol. The Kier molecular flexibility index (Phi) is 13.0. The highest BCUT2D eigenvalue weighted by atomic mass is 28.5. The highest BCUT2D eigenvalue weighted by Gasteiger charge is 2.55. The number of rotatable bonds is 16. The Labute approximate surface area is 312 Å². The van der Waals surface area contributed by atoms with E-state index in [-0.39, 0.29) is 0 Å². The quantitative estimate of drug-likeness (QED) is 0.140. The van der Waals surface area contributed by atoms with Crippen molar-refractivity contribution in [2.75, 3.05) is 0 Å². The molecule has 4 unspecified atom stereocenters. The lowest BCUT2D eigenvalue weighted by molar-refractivity contribution is 0.325. The van der Waals surface area contributed by atoms with Gasteiger partial charge in [-0.15, -0.1) is 0 Å². The maximum absolute atomic E-state index is 8.07. The molecule has 0 amide bonds. The molecule has 5 nitrogen and oxygen atoms in total. The van der Waals surface area contributed by atoms with Crippen LogP contribution >= 0.6 is 0 Å². The number of hydrogen-bond donors (Lipinski definition) is 0. The van der Waals surface area contributed by atoms with Gasteiger partial charge in [-0.05, 0) is 57.3 Å². The molecule has 0 saturated carbocycles. The van der Waals surface area contributed by atoms with Crippen LogP contribution in [0.4, 0.5) is 0 Å². The molecule has 0 spiro atoms. The summed E-state index contributed by atoms with van der Waals surface area (Å²) in [5.41, 5.74) is 0. The van der Waals surface area contributed by atoms with E-state index in [9.17, 15) is 0 Å². The highest BCUT2D eigenvalue weighted by molar-refractivity contribution is 7.07. The minimum absolute atomic E-state index is 1.02. The summed E-state index contributed by atoms with van der Waals surface area (Å²) in [6, 6.07) is 63.2. The van der Waals surface area contributed by atoms with Crippen LogP contribution in [0, 0.1) is 0 Å². The third-order valence-electron chi connectivity index (χ3n) is 8.89. The van der Waals surface area contributed by atoms with Crippen LogP contribution in [0.5, 0.6) is 0 Å². The molecule has 0 saturated heterocycles. The average molecular weight is 775 g/mol. The first kappa shape index (κ1) is 37.2. The van der Waals surface area contributed by atoms with Crippen LogP contribution in [0.1, 0.15) is 0 Å². The van der Waals surface area contributed by atoms with Crippen molar-refractivity contribution in [3.05, 3.63) is 182 Å². The SMILES string of the molecule is C[SiH](O[SiH](C)O[Si](O[Si](O[SiH](C)c1ccccc1)(c1ccccc1)c1ccccc1)(c1ccccc1)c1ccccc1)O[SiH](C)c1ccccc1. The van der Waals surface area contributed by atoms with E-state index in [2.05, 4.69) is 190 Å². The second-order valence-corrected chi connectivity index (χ2v) is 28.4. The van der Waals surface area contributed by atoms with E-state index in [1.165, 1.54) is 10.4 Å². The Morgan fingerprint density at radius 2 is 0.647 bits per heavy atom. The summed E-state index contributed by atoms with van der Waals surface area (Å²) in [5.74, 6) is 0. The van der Waals surface area contributed by atoms with Gasteiger partial charge in [0.1, 0.15) is 0 Å². The van der Waals surface area contributed by atoms with Gasteiger partial charge in [0, 0.05) is 0 Å². The average Bonchev–Trinajstić information content (AvgIpc) is 3.19. The molecule has 0 N–H and O–H groups in total. The predicted molar refractivity (Wildman–Crippen MR) is 225 cm³/mol. The zero-order valence-corrected chi connectivity index (χ0v) is 36.3. The summed E-state index contributed by atoms with van der Waals surface area (Å²) in [5, 5.41) is 6.61. The molecule has 260 valence electrons. The Morgan fingerprint density at radius 1 is 0.333 bits per heavy atom. The van der Waals surface area contributed by atoms with E-state index >= 15 is 0 Å². The van der Waals surface area contributed by atoms with Crippen molar-refractivity contribution < 1.29 is 20.6 Å². The lowest BCUT2D eigenvalue weighted by atomic mass is 10.4. The summed E-state index contributed by atoms with van der Waals surface area (Å²) >= 11 is 0. The second kappa shape index (κ2) is 17.8. The van der Waals surface area contributed by atoms with Crippen molar-refractivity contribution in [1.29, 1.82) is 0 Å².